The first kappa shape index (κ1) is 21.5. The van der Waals surface area contributed by atoms with E-state index in [0.717, 1.165) is 69.7 Å². The van der Waals surface area contributed by atoms with Crippen molar-refractivity contribution in [2.75, 3.05) is 36.4 Å². The van der Waals surface area contributed by atoms with Crippen molar-refractivity contribution in [3.05, 3.63) is 23.8 Å². The van der Waals surface area contributed by atoms with Gasteiger partial charge >= 0.3 is 0 Å². The Morgan fingerprint density at radius 2 is 1.85 bits per heavy atom. The number of nitrogens with zero attached hydrogens (tertiary/aromatic N) is 1. The Morgan fingerprint density at radius 3 is 2.52 bits per heavy atom. The maximum Gasteiger partial charge on any atom is 0.250 e. The van der Waals surface area contributed by atoms with Gasteiger partial charge in [0.2, 0.25) is 5.91 Å². The van der Waals surface area contributed by atoms with Crippen LogP contribution in [0.4, 0.5) is 11.4 Å². The number of nitrogens with one attached hydrogen (secondary N) is 2. The third kappa shape index (κ3) is 6.11. The van der Waals surface area contributed by atoms with Crippen LogP contribution >= 0.6 is 12.4 Å². The molecule has 0 saturated carbocycles. The zero-order valence-corrected chi connectivity index (χ0v) is 16.7. The molecule has 6 nitrogen and oxygen atoms in total. The third-order valence-corrected chi connectivity index (χ3v) is 5.48. The highest BCUT2D eigenvalue weighted by Crippen LogP contribution is 2.28. The molecule has 27 heavy (non-hydrogen) atoms. The summed E-state index contributed by atoms with van der Waals surface area (Å²) in [6.07, 6.45) is 7.23. The van der Waals surface area contributed by atoms with E-state index in [4.69, 9.17) is 5.73 Å². The summed E-state index contributed by atoms with van der Waals surface area (Å²) in [6.45, 7) is 3.96. The lowest BCUT2D eigenvalue weighted by Crippen LogP contribution is -2.31. The molecule has 2 amide bonds. The molecule has 0 unspecified atom stereocenters. The molecule has 150 valence electrons. The smallest absolute Gasteiger partial charge is 0.250 e. The fourth-order valence-electron chi connectivity index (χ4n) is 3.94. The number of anilines is 2. The van der Waals surface area contributed by atoms with Crippen LogP contribution in [0.3, 0.4) is 0 Å². The first-order valence-electron chi connectivity index (χ1n) is 9.83. The van der Waals surface area contributed by atoms with E-state index in [1.807, 2.05) is 6.07 Å². The van der Waals surface area contributed by atoms with Gasteiger partial charge in [-0.2, -0.15) is 0 Å². The molecule has 4 N–H and O–H groups in total. The van der Waals surface area contributed by atoms with Crippen LogP contribution in [0, 0.1) is 5.92 Å². The molecule has 2 aliphatic heterocycles. The van der Waals surface area contributed by atoms with Gasteiger partial charge in [0.25, 0.3) is 5.91 Å². The zero-order valence-electron chi connectivity index (χ0n) is 15.8. The number of piperidine rings is 2. The van der Waals surface area contributed by atoms with Crippen molar-refractivity contribution in [3.63, 3.8) is 0 Å². The van der Waals surface area contributed by atoms with Crippen molar-refractivity contribution >= 4 is 35.6 Å². The molecule has 0 aliphatic carbocycles. The normalized spacial score (nSPS) is 17.9. The summed E-state index contributed by atoms with van der Waals surface area (Å²) in [4.78, 5) is 26.3. The monoisotopic (exact) mass is 394 g/mol. The second-order valence-electron chi connectivity index (χ2n) is 7.42. The van der Waals surface area contributed by atoms with E-state index in [0.29, 0.717) is 17.9 Å². The molecule has 0 spiro atoms. The van der Waals surface area contributed by atoms with Gasteiger partial charge in [-0.15, -0.1) is 12.4 Å². The Hall–Kier alpha value is -1.79. The quantitative estimate of drug-likeness (QED) is 0.692. The Labute approximate surface area is 167 Å². The Bertz CT molecular complexity index is 641. The fraction of sp³-hybridized carbons (Fsp3) is 0.600. The topological polar surface area (TPSA) is 87.5 Å². The molecule has 7 heteroatoms. The van der Waals surface area contributed by atoms with E-state index >= 15 is 0 Å². The third-order valence-electron chi connectivity index (χ3n) is 5.48. The van der Waals surface area contributed by atoms with Gasteiger partial charge in [-0.1, -0.05) is 0 Å². The van der Waals surface area contributed by atoms with Crippen LogP contribution in [-0.4, -0.2) is 38.0 Å². The average molecular weight is 395 g/mol. The molecule has 2 fully saturated rings. The fourth-order valence-corrected chi connectivity index (χ4v) is 3.94. The summed E-state index contributed by atoms with van der Waals surface area (Å²) in [5.41, 5.74) is 7.65. The summed E-state index contributed by atoms with van der Waals surface area (Å²) >= 11 is 0. The lowest BCUT2D eigenvalue weighted by atomic mass is 9.93. The summed E-state index contributed by atoms with van der Waals surface area (Å²) in [7, 11) is 0. The van der Waals surface area contributed by atoms with Crippen molar-refractivity contribution in [2.24, 2.45) is 11.7 Å². The van der Waals surface area contributed by atoms with Gasteiger partial charge in [0.05, 0.1) is 11.3 Å². The van der Waals surface area contributed by atoms with Crippen LogP contribution in [0.2, 0.25) is 0 Å². The van der Waals surface area contributed by atoms with Crippen LogP contribution in [0.15, 0.2) is 18.2 Å². The number of nitrogens with two attached hydrogens (primary N) is 1. The van der Waals surface area contributed by atoms with Gasteiger partial charge in [-0.05, 0) is 75.7 Å². The number of primary amides is 1. The highest BCUT2D eigenvalue weighted by molar-refractivity contribution is 6.00. The zero-order chi connectivity index (χ0) is 18.4. The molecule has 0 bridgehead atoms. The molecule has 2 saturated heterocycles. The van der Waals surface area contributed by atoms with Gasteiger partial charge in [0.1, 0.15) is 0 Å². The van der Waals surface area contributed by atoms with Crippen molar-refractivity contribution < 1.29 is 9.59 Å². The van der Waals surface area contributed by atoms with Crippen LogP contribution in [-0.2, 0) is 4.79 Å². The standard InChI is InChI=1S/C20H30N4O2.ClH/c21-20(26)17-6-5-16(14-18(17)24-12-2-1-3-13-24)23-19(25)7-4-15-8-10-22-11-9-15;/h5-6,14-15,22H,1-4,7-13H2,(H2,21,26)(H,23,25);1H. The van der Waals surface area contributed by atoms with Gasteiger partial charge in [-0.3, -0.25) is 9.59 Å². The predicted molar refractivity (Wildman–Crippen MR) is 112 cm³/mol. The highest BCUT2D eigenvalue weighted by atomic mass is 35.5. The molecule has 3 rings (SSSR count). The Balaban J connectivity index is 0.00000261. The molecule has 0 atom stereocenters. The van der Waals surface area contributed by atoms with E-state index in [-0.39, 0.29) is 18.3 Å². The summed E-state index contributed by atoms with van der Waals surface area (Å²) < 4.78 is 0. The largest absolute Gasteiger partial charge is 0.371 e. The van der Waals surface area contributed by atoms with E-state index in [1.54, 1.807) is 12.1 Å². The van der Waals surface area contributed by atoms with E-state index in [9.17, 15) is 9.59 Å². The van der Waals surface area contributed by atoms with Crippen molar-refractivity contribution in [3.8, 4) is 0 Å². The number of carbonyl (C=O) groups excluding carboxylic acids is 2. The van der Waals surface area contributed by atoms with Crippen LogP contribution in [0.25, 0.3) is 0 Å². The lowest BCUT2D eigenvalue weighted by Gasteiger charge is -2.30. The number of hydrogen-bond donors (Lipinski definition) is 3. The predicted octanol–water partition coefficient (Wildman–Crippen LogP) is 2.92. The van der Waals surface area contributed by atoms with Gasteiger partial charge in [0.15, 0.2) is 0 Å². The number of benzene rings is 1. The van der Waals surface area contributed by atoms with Gasteiger partial charge in [-0.25, -0.2) is 0 Å². The number of halogens is 1. The minimum absolute atomic E-state index is 0. The summed E-state index contributed by atoms with van der Waals surface area (Å²) in [5, 5.41) is 6.34. The molecule has 1 aromatic carbocycles. The molecule has 2 aliphatic rings. The summed E-state index contributed by atoms with van der Waals surface area (Å²) in [6, 6.07) is 5.40. The van der Waals surface area contributed by atoms with E-state index in [1.165, 1.54) is 6.42 Å². The molecule has 2 heterocycles. The van der Waals surface area contributed by atoms with Gasteiger partial charge < -0.3 is 21.3 Å². The maximum atomic E-state index is 12.3. The van der Waals surface area contributed by atoms with Crippen molar-refractivity contribution in [1.29, 1.82) is 0 Å². The molecule has 0 aromatic heterocycles. The van der Waals surface area contributed by atoms with E-state index in [2.05, 4.69) is 15.5 Å². The van der Waals surface area contributed by atoms with Crippen molar-refractivity contribution in [1.82, 2.24) is 5.32 Å². The Morgan fingerprint density at radius 1 is 1.15 bits per heavy atom. The maximum absolute atomic E-state index is 12.3. The first-order valence-corrected chi connectivity index (χ1v) is 9.83. The number of carbonyl (C=O) groups is 2. The molecular formula is C20H31ClN4O2. The van der Waals surface area contributed by atoms with Gasteiger partial charge in [0, 0.05) is 25.2 Å². The Kier molecular flexibility index (Phi) is 8.38. The van der Waals surface area contributed by atoms with Crippen LogP contribution in [0.1, 0.15) is 55.3 Å². The van der Waals surface area contributed by atoms with Crippen LogP contribution < -0.4 is 21.3 Å². The molecule has 1 aromatic rings. The number of hydrogen-bond acceptors (Lipinski definition) is 4. The second kappa shape index (κ2) is 10.5. The minimum atomic E-state index is -0.422. The molecular weight excluding hydrogens is 364 g/mol. The van der Waals surface area contributed by atoms with E-state index < -0.39 is 5.91 Å². The SMILES string of the molecule is Cl.NC(=O)c1ccc(NC(=O)CCC2CCNCC2)cc1N1CCCCC1. The average Bonchev–Trinajstić information content (AvgIpc) is 2.67. The number of amides is 2. The molecule has 0 radical (unpaired) electrons. The van der Waals surface area contributed by atoms with Crippen LogP contribution in [0.5, 0.6) is 0 Å². The van der Waals surface area contributed by atoms with Crippen molar-refractivity contribution in [2.45, 2.75) is 44.9 Å². The summed E-state index contributed by atoms with van der Waals surface area (Å²) in [5.74, 6) is 0.262. The second-order valence-corrected chi connectivity index (χ2v) is 7.42. The highest BCUT2D eigenvalue weighted by Gasteiger charge is 2.19. The first-order chi connectivity index (χ1) is 12.6. The number of rotatable bonds is 6. The minimum Gasteiger partial charge on any atom is -0.371 e. The lowest BCUT2D eigenvalue weighted by molar-refractivity contribution is -0.116.